The zero-order valence-corrected chi connectivity index (χ0v) is 14.1. The first-order valence-electron chi connectivity index (χ1n) is 8.24. The summed E-state index contributed by atoms with van der Waals surface area (Å²) in [6.45, 7) is 13.9. The summed E-state index contributed by atoms with van der Waals surface area (Å²) in [7, 11) is 0. The molecule has 0 bridgehead atoms. The van der Waals surface area contributed by atoms with Crippen LogP contribution in [0.3, 0.4) is 0 Å². The lowest BCUT2D eigenvalue weighted by Crippen LogP contribution is -2.43. The fourth-order valence-electron chi connectivity index (χ4n) is 2.26. The Kier molecular flexibility index (Phi) is 11.8. The molecule has 0 aromatic carbocycles. The molecule has 0 aliphatic heterocycles. The topological polar surface area (TPSA) is 41.6 Å². The van der Waals surface area contributed by atoms with Crippen LogP contribution in [0, 0.1) is 0 Å². The molecule has 0 aromatic rings. The predicted molar refractivity (Wildman–Crippen MR) is 84.9 cm³/mol. The molecule has 0 spiro atoms. The van der Waals surface area contributed by atoms with E-state index >= 15 is 0 Å². The number of unbranched alkanes of at least 4 members (excludes halogenated alkanes) is 1. The van der Waals surface area contributed by atoms with Crippen LogP contribution in [0.15, 0.2) is 0 Å². The summed E-state index contributed by atoms with van der Waals surface area (Å²) >= 11 is 0. The Morgan fingerprint density at radius 2 is 1.90 bits per heavy atom. The van der Waals surface area contributed by atoms with Gasteiger partial charge >= 0.3 is 5.97 Å². The van der Waals surface area contributed by atoms with Crippen molar-refractivity contribution in [2.75, 3.05) is 26.2 Å². The molecule has 0 radical (unpaired) electrons. The number of ether oxygens (including phenoxy) is 1. The van der Waals surface area contributed by atoms with Gasteiger partial charge in [0.25, 0.3) is 0 Å². The summed E-state index contributed by atoms with van der Waals surface area (Å²) < 4.78 is 5.14. The molecule has 0 saturated carbocycles. The fraction of sp³-hybridized carbons (Fsp3) is 0.938. The molecule has 0 fully saturated rings. The van der Waals surface area contributed by atoms with Crippen LogP contribution in [0.25, 0.3) is 0 Å². The number of nitrogens with zero attached hydrogens (tertiary/aromatic N) is 1. The summed E-state index contributed by atoms with van der Waals surface area (Å²) in [5.74, 6) is -0.117. The second-order valence-electron chi connectivity index (χ2n) is 5.30. The molecule has 2 atom stereocenters. The Balaban J connectivity index is 4.40. The van der Waals surface area contributed by atoms with Gasteiger partial charge in [-0.25, -0.2) is 0 Å². The van der Waals surface area contributed by atoms with E-state index in [2.05, 4.69) is 31.0 Å². The van der Waals surface area contributed by atoms with Crippen molar-refractivity contribution in [2.45, 2.75) is 72.4 Å². The quantitative estimate of drug-likeness (QED) is 0.560. The second-order valence-corrected chi connectivity index (χ2v) is 5.30. The maximum Gasteiger partial charge on any atom is 0.323 e. The van der Waals surface area contributed by atoms with Gasteiger partial charge in [0.05, 0.1) is 6.61 Å². The highest BCUT2D eigenvalue weighted by Gasteiger charge is 2.20. The number of esters is 1. The lowest BCUT2D eigenvalue weighted by atomic mass is 10.1. The summed E-state index contributed by atoms with van der Waals surface area (Å²) in [5.41, 5.74) is 0. The van der Waals surface area contributed by atoms with Crippen LogP contribution in [-0.2, 0) is 9.53 Å². The largest absolute Gasteiger partial charge is 0.465 e. The molecular weight excluding hydrogens is 252 g/mol. The normalized spacial score (nSPS) is 14.3. The van der Waals surface area contributed by atoms with Gasteiger partial charge in [0, 0.05) is 12.6 Å². The van der Waals surface area contributed by atoms with Crippen LogP contribution in [0.5, 0.6) is 0 Å². The van der Waals surface area contributed by atoms with Gasteiger partial charge in [-0.15, -0.1) is 0 Å². The van der Waals surface area contributed by atoms with Crippen LogP contribution in [0.4, 0.5) is 0 Å². The van der Waals surface area contributed by atoms with Crippen molar-refractivity contribution in [3.63, 3.8) is 0 Å². The van der Waals surface area contributed by atoms with Crippen molar-refractivity contribution in [1.82, 2.24) is 10.2 Å². The van der Waals surface area contributed by atoms with E-state index in [9.17, 15) is 4.79 Å². The lowest BCUT2D eigenvalue weighted by molar-refractivity contribution is -0.146. The van der Waals surface area contributed by atoms with E-state index in [-0.39, 0.29) is 12.0 Å². The third-order valence-corrected chi connectivity index (χ3v) is 3.74. The summed E-state index contributed by atoms with van der Waals surface area (Å²) in [5, 5.41) is 3.23. The fourth-order valence-corrected chi connectivity index (χ4v) is 2.26. The van der Waals surface area contributed by atoms with Crippen molar-refractivity contribution < 1.29 is 9.53 Å². The first-order valence-corrected chi connectivity index (χ1v) is 8.24. The molecule has 20 heavy (non-hydrogen) atoms. The van der Waals surface area contributed by atoms with Gasteiger partial charge in [0.15, 0.2) is 0 Å². The van der Waals surface area contributed by atoms with Gasteiger partial charge < -0.3 is 15.0 Å². The summed E-state index contributed by atoms with van der Waals surface area (Å²) in [6, 6.07) is 0.402. The first kappa shape index (κ1) is 19.4. The van der Waals surface area contributed by atoms with Gasteiger partial charge in [0.2, 0.25) is 0 Å². The van der Waals surface area contributed by atoms with Crippen molar-refractivity contribution >= 4 is 5.97 Å². The van der Waals surface area contributed by atoms with E-state index in [1.165, 1.54) is 12.8 Å². The van der Waals surface area contributed by atoms with E-state index in [1.54, 1.807) is 0 Å². The summed E-state index contributed by atoms with van der Waals surface area (Å²) in [6.07, 6.45) is 4.40. The Morgan fingerprint density at radius 3 is 2.40 bits per heavy atom. The van der Waals surface area contributed by atoms with Crippen molar-refractivity contribution in [3.05, 3.63) is 0 Å². The zero-order chi connectivity index (χ0) is 15.4. The maximum absolute atomic E-state index is 11.9. The van der Waals surface area contributed by atoms with Gasteiger partial charge in [-0.1, -0.05) is 27.2 Å². The van der Waals surface area contributed by atoms with Crippen LogP contribution in [-0.4, -0.2) is 49.2 Å². The monoisotopic (exact) mass is 286 g/mol. The number of nitrogens with one attached hydrogen (secondary N) is 1. The Bertz CT molecular complexity index is 247. The molecule has 2 unspecified atom stereocenters. The van der Waals surface area contributed by atoms with E-state index in [4.69, 9.17) is 4.74 Å². The molecule has 0 amide bonds. The Hall–Kier alpha value is -0.610. The number of hydrogen-bond acceptors (Lipinski definition) is 4. The van der Waals surface area contributed by atoms with E-state index in [0.29, 0.717) is 12.6 Å². The molecule has 0 aromatic heterocycles. The highest BCUT2D eigenvalue weighted by molar-refractivity contribution is 5.75. The SMILES string of the molecule is CCCCN(CCC(NCC)C(=O)OCC)C(C)CC. The average Bonchev–Trinajstić information content (AvgIpc) is 2.45. The third-order valence-electron chi connectivity index (χ3n) is 3.74. The van der Waals surface area contributed by atoms with Gasteiger partial charge in [0.1, 0.15) is 6.04 Å². The minimum atomic E-state index is -0.173. The zero-order valence-electron chi connectivity index (χ0n) is 14.1. The molecule has 120 valence electrons. The molecule has 0 aliphatic rings. The minimum absolute atomic E-state index is 0.117. The van der Waals surface area contributed by atoms with Crippen LogP contribution >= 0.6 is 0 Å². The van der Waals surface area contributed by atoms with Crippen molar-refractivity contribution in [3.8, 4) is 0 Å². The first-order chi connectivity index (χ1) is 9.60. The Morgan fingerprint density at radius 1 is 1.20 bits per heavy atom. The number of likely N-dealkylation sites (N-methyl/N-ethyl adjacent to an activating group) is 1. The molecule has 4 heteroatoms. The standard InChI is InChI=1S/C16H34N2O2/c1-6-10-12-18(14(5)7-2)13-11-15(17-8-3)16(19)20-9-4/h14-15,17H,6-13H2,1-5H3. The second kappa shape index (κ2) is 12.2. The molecular formula is C16H34N2O2. The van der Waals surface area contributed by atoms with E-state index < -0.39 is 0 Å². The molecule has 0 aliphatic carbocycles. The van der Waals surface area contributed by atoms with E-state index in [0.717, 1.165) is 32.5 Å². The average molecular weight is 286 g/mol. The molecule has 0 saturated heterocycles. The van der Waals surface area contributed by atoms with Crippen LogP contribution in [0.2, 0.25) is 0 Å². The summed E-state index contributed by atoms with van der Waals surface area (Å²) in [4.78, 5) is 14.4. The molecule has 0 rings (SSSR count). The minimum Gasteiger partial charge on any atom is -0.465 e. The van der Waals surface area contributed by atoms with Crippen LogP contribution < -0.4 is 5.32 Å². The van der Waals surface area contributed by atoms with E-state index in [1.807, 2.05) is 13.8 Å². The van der Waals surface area contributed by atoms with Gasteiger partial charge in [-0.05, 0) is 46.2 Å². The molecule has 0 heterocycles. The highest BCUT2D eigenvalue weighted by Crippen LogP contribution is 2.08. The maximum atomic E-state index is 11.9. The van der Waals surface area contributed by atoms with Crippen LogP contribution in [0.1, 0.15) is 60.3 Å². The molecule has 4 nitrogen and oxygen atoms in total. The third kappa shape index (κ3) is 7.85. The number of rotatable bonds is 12. The van der Waals surface area contributed by atoms with Crippen molar-refractivity contribution in [1.29, 1.82) is 0 Å². The number of hydrogen-bond donors (Lipinski definition) is 1. The smallest absolute Gasteiger partial charge is 0.323 e. The van der Waals surface area contributed by atoms with Crippen molar-refractivity contribution in [2.24, 2.45) is 0 Å². The lowest BCUT2D eigenvalue weighted by Gasteiger charge is -2.29. The predicted octanol–water partition coefficient (Wildman–Crippen LogP) is 2.82. The highest BCUT2D eigenvalue weighted by atomic mass is 16.5. The number of carbonyl (C=O) groups excluding carboxylic acids is 1. The van der Waals surface area contributed by atoms with Gasteiger partial charge in [-0.3, -0.25) is 4.79 Å². The molecule has 1 N–H and O–H groups in total. The number of carbonyl (C=O) groups is 1. The Labute approximate surface area is 125 Å². The van der Waals surface area contributed by atoms with Gasteiger partial charge in [-0.2, -0.15) is 0 Å².